The molecule has 0 aromatic carbocycles. The lowest BCUT2D eigenvalue weighted by Gasteiger charge is -2.18. The van der Waals surface area contributed by atoms with Crippen molar-refractivity contribution in [2.45, 2.75) is 32.4 Å². The third kappa shape index (κ3) is 2.46. The number of hydrogen-bond acceptors (Lipinski definition) is 2. The minimum absolute atomic E-state index is 0.592. The van der Waals surface area contributed by atoms with Crippen LogP contribution in [0.3, 0.4) is 0 Å². The minimum atomic E-state index is 0.592. The highest BCUT2D eigenvalue weighted by Crippen LogP contribution is 2.27. The lowest BCUT2D eigenvalue weighted by Crippen LogP contribution is -2.25. The summed E-state index contributed by atoms with van der Waals surface area (Å²) in [5, 5.41) is 0.592. The molecule has 1 fully saturated rings. The molecule has 1 aliphatic carbocycles. The molecule has 0 saturated heterocycles. The average molecular weight is 211 g/mol. The Kier molecular flexibility index (Phi) is 3.04. The SMILES string of the molecule is CCN(Cc1cccc(Cl)n1)C1CC1. The Bertz CT molecular complexity index is 310. The van der Waals surface area contributed by atoms with Gasteiger partial charge >= 0.3 is 0 Å². The maximum Gasteiger partial charge on any atom is 0.129 e. The molecule has 1 aromatic rings. The summed E-state index contributed by atoms with van der Waals surface area (Å²) in [4.78, 5) is 6.75. The summed E-state index contributed by atoms with van der Waals surface area (Å²) in [7, 11) is 0. The summed E-state index contributed by atoms with van der Waals surface area (Å²) >= 11 is 5.84. The van der Waals surface area contributed by atoms with Crippen LogP contribution in [0.5, 0.6) is 0 Å². The van der Waals surface area contributed by atoms with Gasteiger partial charge < -0.3 is 0 Å². The van der Waals surface area contributed by atoms with Crippen LogP contribution in [0.4, 0.5) is 0 Å². The van der Waals surface area contributed by atoms with E-state index in [1.807, 2.05) is 18.2 Å². The van der Waals surface area contributed by atoms with Crippen LogP contribution in [0.25, 0.3) is 0 Å². The van der Waals surface area contributed by atoms with Crippen LogP contribution in [0.1, 0.15) is 25.5 Å². The molecule has 1 saturated carbocycles. The van der Waals surface area contributed by atoms with Crippen LogP contribution in [0, 0.1) is 0 Å². The smallest absolute Gasteiger partial charge is 0.129 e. The molecular formula is C11H15ClN2. The summed E-state index contributed by atoms with van der Waals surface area (Å²) < 4.78 is 0. The Morgan fingerprint density at radius 2 is 2.29 bits per heavy atom. The monoisotopic (exact) mass is 210 g/mol. The van der Waals surface area contributed by atoms with Crippen molar-refractivity contribution in [1.82, 2.24) is 9.88 Å². The fraction of sp³-hybridized carbons (Fsp3) is 0.545. The zero-order valence-electron chi connectivity index (χ0n) is 8.41. The molecule has 1 heterocycles. The maximum absolute atomic E-state index is 5.84. The van der Waals surface area contributed by atoms with E-state index in [-0.39, 0.29) is 0 Å². The van der Waals surface area contributed by atoms with Gasteiger partial charge in [0.2, 0.25) is 0 Å². The van der Waals surface area contributed by atoms with Gasteiger partial charge in [0.05, 0.1) is 5.69 Å². The molecule has 0 radical (unpaired) electrons. The van der Waals surface area contributed by atoms with E-state index in [0.29, 0.717) is 5.15 Å². The first kappa shape index (κ1) is 9.94. The number of aromatic nitrogens is 1. The molecule has 1 aliphatic rings. The van der Waals surface area contributed by atoms with Crippen molar-refractivity contribution in [2.24, 2.45) is 0 Å². The fourth-order valence-corrected chi connectivity index (χ4v) is 1.87. The average Bonchev–Trinajstić information content (AvgIpc) is 2.97. The highest BCUT2D eigenvalue weighted by Gasteiger charge is 2.27. The molecule has 0 spiro atoms. The van der Waals surface area contributed by atoms with Gasteiger partial charge in [-0.1, -0.05) is 24.6 Å². The molecule has 0 bridgehead atoms. The molecule has 0 aliphatic heterocycles. The van der Waals surface area contributed by atoms with Gasteiger partial charge in [-0.25, -0.2) is 4.98 Å². The van der Waals surface area contributed by atoms with Crippen LogP contribution < -0.4 is 0 Å². The number of hydrogen-bond donors (Lipinski definition) is 0. The number of halogens is 1. The molecule has 76 valence electrons. The molecule has 3 heteroatoms. The van der Waals surface area contributed by atoms with E-state index in [4.69, 9.17) is 11.6 Å². The minimum Gasteiger partial charge on any atom is -0.295 e. The van der Waals surface area contributed by atoms with E-state index < -0.39 is 0 Å². The summed E-state index contributed by atoms with van der Waals surface area (Å²) in [5.74, 6) is 0. The van der Waals surface area contributed by atoms with E-state index in [2.05, 4.69) is 16.8 Å². The van der Waals surface area contributed by atoms with Gasteiger partial charge in [-0.3, -0.25) is 4.90 Å². The predicted molar refractivity (Wildman–Crippen MR) is 58.4 cm³/mol. The molecule has 0 unspecified atom stereocenters. The first-order valence-electron chi connectivity index (χ1n) is 5.15. The van der Waals surface area contributed by atoms with Crippen molar-refractivity contribution in [3.8, 4) is 0 Å². The van der Waals surface area contributed by atoms with Gasteiger partial charge in [-0.2, -0.15) is 0 Å². The second kappa shape index (κ2) is 4.28. The molecule has 1 aromatic heterocycles. The molecule has 0 amide bonds. The lowest BCUT2D eigenvalue weighted by molar-refractivity contribution is 0.266. The molecule has 0 N–H and O–H groups in total. The van der Waals surface area contributed by atoms with Gasteiger partial charge in [-0.15, -0.1) is 0 Å². The second-order valence-electron chi connectivity index (χ2n) is 3.75. The first-order chi connectivity index (χ1) is 6.79. The Balaban J connectivity index is 2.01. The third-order valence-corrected chi connectivity index (χ3v) is 2.82. The molecule has 0 atom stereocenters. The van der Waals surface area contributed by atoms with E-state index in [1.165, 1.54) is 12.8 Å². The van der Waals surface area contributed by atoms with Gasteiger partial charge in [0.25, 0.3) is 0 Å². The Morgan fingerprint density at radius 1 is 1.50 bits per heavy atom. The van der Waals surface area contributed by atoms with Crippen LogP contribution >= 0.6 is 11.6 Å². The van der Waals surface area contributed by atoms with Crippen LogP contribution in [-0.4, -0.2) is 22.5 Å². The van der Waals surface area contributed by atoms with Crippen molar-refractivity contribution >= 4 is 11.6 Å². The van der Waals surface area contributed by atoms with Crippen molar-refractivity contribution < 1.29 is 0 Å². The van der Waals surface area contributed by atoms with Gasteiger partial charge in [0, 0.05) is 12.6 Å². The Morgan fingerprint density at radius 3 is 2.86 bits per heavy atom. The van der Waals surface area contributed by atoms with Crippen molar-refractivity contribution in [1.29, 1.82) is 0 Å². The molecule has 2 rings (SSSR count). The van der Waals surface area contributed by atoms with Crippen LogP contribution in [-0.2, 0) is 6.54 Å². The standard InChI is InChI=1S/C11H15ClN2/c1-2-14(10-6-7-10)8-9-4-3-5-11(12)13-9/h3-5,10H,2,6-8H2,1H3. The Hall–Kier alpha value is -0.600. The van der Waals surface area contributed by atoms with E-state index >= 15 is 0 Å². The van der Waals surface area contributed by atoms with Gasteiger partial charge in [0.15, 0.2) is 0 Å². The quantitative estimate of drug-likeness (QED) is 0.711. The zero-order chi connectivity index (χ0) is 9.97. The van der Waals surface area contributed by atoms with Crippen molar-refractivity contribution in [2.75, 3.05) is 6.54 Å². The van der Waals surface area contributed by atoms with E-state index in [1.54, 1.807) is 0 Å². The highest BCUT2D eigenvalue weighted by molar-refractivity contribution is 6.29. The Labute approximate surface area is 89.9 Å². The molecule has 14 heavy (non-hydrogen) atoms. The summed E-state index contributed by atoms with van der Waals surface area (Å²) in [6.07, 6.45) is 2.68. The summed E-state index contributed by atoms with van der Waals surface area (Å²) in [5.41, 5.74) is 1.08. The normalized spacial score (nSPS) is 16.2. The van der Waals surface area contributed by atoms with Crippen molar-refractivity contribution in [3.05, 3.63) is 29.0 Å². The van der Waals surface area contributed by atoms with Crippen LogP contribution in [0.2, 0.25) is 5.15 Å². The largest absolute Gasteiger partial charge is 0.295 e. The highest BCUT2D eigenvalue weighted by atomic mass is 35.5. The zero-order valence-corrected chi connectivity index (χ0v) is 9.17. The number of rotatable bonds is 4. The predicted octanol–water partition coefficient (Wildman–Crippen LogP) is 2.72. The maximum atomic E-state index is 5.84. The molecular weight excluding hydrogens is 196 g/mol. The van der Waals surface area contributed by atoms with E-state index in [0.717, 1.165) is 24.8 Å². The summed E-state index contributed by atoms with van der Waals surface area (Å²) in [6, 6.07) is 6.61. The van der Waals surface area contributed by atoms with E-state index in [9.17, 15) is 0 Å². The molecule has 2 nitrogen and oxygen atoms in total. The van der Waals surface area contributed by atoms with Gasteiger partial charge in [0.1, 0.15) is 5.15 Å². The van der Waals surface area contributed by atoms with Crippen LogP contribution in [0.15, 0.2) is 18.2 Å². The topological polar surface area (TPSA) is 16.1 Å². The number of pyridine rings is 1. The van der Waals surface area contributed by atoms with Gasteiger partial charge in [-0.05, 0) is 31.5 Å². The fourth-order valence-electron chi connectivity index (χ4n) is 1.69. The third-order valence-electron chi connectivity index (χ3n) is 2.61. The first-order valence-corrected chi connectivity index (χ1v) is 5.53. The van der Waals surface area contributed by atoms with Crippen molar-refractivity contribution in [3.63, 3.8) is 0 Å². The number of nitrogens with zero attached hydrogens (tertiary/aromatic N) is 2. The summed E-state index contributed by atoms with van der Waals surface area (Å²) in [6.45, 7) is 4.23. The second-order valence-corrected chi connectivity index (χ2v) is 4.13. The lowest BCUT2D eigenvalue weighted by atomic mass is 10.3.